The highest BCUT2D eigenvalue weighted by atomic mass is 19.1. The number of halogens is 1. The van der Waals surface area contributed by atoms with Crippen molar-refractivity contribution in [2.24, 2.45) is 0 Å². The average Bonchev–Trinajstić information content (AvgIpc) is 2.40. The SMILES string of the molecule is Cc1ccc(F)cc1OCc1ccc(C#N)cc1. The Kier molecular flexibility index (Phi) is 3.59. The fourth-order valence-corrected chi connectivity index (χ4v) is 1.57. The van der Waals surface area contributed by atoms with E-state index in [1.807, 2.05) is 19.1 Å². The lowest BCUT2D eigenvalue weighted by atomic mass is 10.1. The van der Waals surface area contributed by atoms with Gasteiger partial charge < -0.3 is 4.74 Å². The number of rotatable bonds is 3. The third-order valence-corrected chi connectivity index (χ3v) is 2.63. The van der Waals surface area contributed by atoms with Crippen molar-refractivity contribution in [3.8, 4) is 11.8 Å². The fourth-order valence-electron chi connectivity index (χ4n) is 1.57. The predicted molar refractivity (Wildman–Crippen MR) is 66.6 cm³/mol. The molecule has 0 atom stereocenters. The molecule has 2 rings (SSSR count). The number of benzene rings is 2. The molecule has 0 N–H and O–H groups in total. The summed E-state index contributed by atoms with van der Waals surface area (Å²) in [5, 5.41) is 8.68. The van der Waals surface area contributed by atoms with Gasteiger partial charge in [-0.05, 0) is 36.2 Å². The van der Waals surface area contributed by atoms with Crippen LogP contribution in [0.3, 0.4) is 0 Å². The lowest BCUT2D eigenvalue weighted by Crippen LogP contribution is -1.97. The molecule has 0 aliphatic carbocycles. The Balaban J connectivity index is 2.07. The van der Waals surface area contributed by atoms with Crippen LogP contribution in [0, 0.1) is 24.1 Å². The van der Waals surface area contributed by atoms with Crippen molar-refractivity contribution in [1.29, 1.82) is 5.26 Å². The lowest BCUT2D eigenvalue weighted by Gasteiger charge is -2.09. The lowest BCUT2D eigenvalue weighted by molar-refractivity contribution is 0.302. The molecule has 0 radical (unpaired) electrons. The van der Waals surface area contributed by atoms with Gasteiger partial charge >= 0.3 is 0 Å². The van der Waals surface area contributed by atoms with Crippen molar-refractivity contribution in [2.75, 3.05) is 0 Å². The molecule has 0 fully saturated rings. The molecule has 0 aliphatic rings. The Bertz CT molecular complexity index is 584. The maximum absolute atomic E-state index is 13.1. The van der Waals surface area contributed by atoms with Gasteiger partial charge in [-0.3, -0.25) is 0 Å². The van der Waals surface area contributed by atoms with Crippen LogP contribution >= 0.6 is 0 Å². The zero-order chi connectivity index (χ0) is 13.0. The van der Waals surface area contributed by atoms with E-state index in [1.165, 1.54) is 12.1 Å². The van der Waals surface area contributed by atoms with Crippen LogP contribution in [0.25, 0.3) is 0 Å². The number of hydrogen-bond donors (Lipinski definition) is 0. The Labute approximate surface area is 105 Å². The van der Waals surface area contributed by atoms with Crippen LogP contribution in [-0.2, 0) is 6.61 Å². The topological polar surface area (TPSA) is 33.0 Å². The molecule has 2 aromatic carbocycles. The highest BCUT2D eigenvalue weighted by Crippen LogP contribution is 2.20. The first-order chi connectivity index (χ1) is 8.69. The summed E-state index contributed by atoms with van der Waals surface area (Å²) < 4.78 is 18.6. The van der Waals surface area contributed by atoms with Crippen molar-refractivity contribution in [3.63, 3.8) is 0 Å². The predicted octanol–water partition coefficient (Wildman–Crippen LogP) is 3.58. The standard InChI is InChI=1S/C15H12FNO/c1-11-2-7-14(16)8-15(11)18-10-13-5-3-12(9-17)4-6-13/h2-8H,10H2,1H3. The third-order valence-electron chi connectivity index (χ3n) is 2.63. The van der Waals surface area contributed by atoms with Crippen molar-refractivity contribution in [2.45, 2.75) is 13.5 Å². The minimum absolute atomic E-state index is 0.310. The van der Waals surface area contributed by atoms with Gasteiger partial charge in [-0.25, -0.2) is 4.39 Å². The molecule has 0 spiro atoms. The molecule has 0 aromatic heterocycles. The number of hydrogen-bond acceptors (Lipinski definition) is 2. The summed E-state index contributed by atoms with van der Waals surface area (Å²) in [7, 11) is 0. The maximum atomic E-state index is 13.1. The number of nitriles is 1. The Hall–Kier alpha value is -2.34. The molecule has 2 aromatic rings. The number of aryl methyl sites for hydroxylation is 1. The van der Waals surface area contributed by atoms with E-state index in [2.05, 4.69) is 6.07 Å². The van der Waals surface area contributed by atoms with E-state index in [-0.39, 0.29) is 5.82 Å². The molecule has 2 nitrogen and oxygen atoms in total. The van der Waals surface area contributed by atoms with E-state index < -0.39 is 0 Å². The first-order valence-corrected chi connectivity index (χ1v) is 5.57. The van der Waals surface area contributed by atoms with Gasteiger partial charge in [0.15, 0.2) is 0 Å². The van der Waals surface area contributed by atoms with Crippen LogP contribution in [0.2, 0.25) is 0 Å². The largest absolute Gasteiger partial charge is 0.489 e. The van der Waals surface area contributed by atoms with Gasteiger partial charge in [0.1, 0.15) is 18.2 Å². The summed E-state index contributed by atoms with van der Waals surface area (Å²) in [5.41, 5.74) is 2.45. The fraction of sp³-hybridized carbons (Fsp3) is 0.133. The van der Waals surface area contributed by atoms with Crippen molar-refractivity contribution in [3.05, 3.63) is 65.0 Å². The summed E-state index contributed by atoms with van der Waals surface area (Å²) in [5.74, 6) is 0.231. The molecule has 0 unspecified atom stereocenters. The van der Waals surface area contributed by atoms with Gasteiger partial charge in [-0.1, -0.05) is 18.2 Å². The van der Waals surface area contributed by atoms with E-state index in [0.29, 0.717) is 17.9 Å². The molecule has 3 heteroatoms. The normalized spacial score (nSPS) is 9.83. The van der Waals surface area contributed by atoms with E-state index in [1.54, 1.807) is 18.2 Å². The van der Waals surface area contributed by atoms with E-state index in [0.717, 1.165) is 11.1 Å². The Morgan fingerprint density at radius 3 is 2.56 bits per heavy atom. The van der Waals surface area contributed by atoms with Crippen LogP contribution in [-0.4, -0.2) is 0 Å². The maximum Gasteiger partial charge on any atom is 0.126 e. The van der Waals surface area contributed by atoms with Crippen LogP contribution in [0.15, 0.2) is 42.5 Å². The zero-order valence-electron chi connectivity index (χ0n) is 9.98. The van der Waals surface area contributed by atoms with Gasteiger partial charge in [-0.2, -0.15) is 5.26 Å². The van der Waals surface area contributed by atoms with Gasteiger partial charge in [0.25, 0.3) is 0 Å². The van der Waals surface area contributed by atoms with Crippen molar-refractivity contribution in [1.82, 2.24) is 0 Å². The molecule has 0 aliphatic heterocycles. The minimum Gasteiger partial charge on any atom is -0.489 e. The molecule has 0 amide bonds. The minimum atomic E-state index is -0.310. The Morgan fingerprint density at radius 1 is 1.17 bits per heavy atom. The summed E-state index contributed by atoms with van der Waals surface area (Å²) in [6.45, 7) is 2.23. The Morgan fingerprint density at radius 2 is 1.89 bits per heavy atom. The second-order valence-electron chi connectivity index (χ2n) is 4.01. The highest BCUT2D eigenvalue weighted by molar-refractivity contribution is 5.34. The third kappa shape index (κ3) is 2.86. The average molecular weight is 241 g/mol. The van der Waals surface area contributed by atoms with E-state index >= 15 is 0 Å². The quantitative estimate of drug-likeness (QED) is 0.822. The van der Waals surface area contributed by atoms with E-state index in [9.17, 15) is 4.39 Å². The van der Waals surface area contributed by atoms with Crippen LogP contribution < -0.4 is 4.74 Å². The second kappa shape index (κ2) is 5.33. The van der Waals surface area contributed by atoms with E-state index in [4.69, 9.17) is 10.00 Å². The van der Waals surface area contributed by atoms with Crippen LogP contribution in [0.1, 0.15) is 16.7 Å². The van der Waals surface area contributed by atoms with Crippen molar-refractivity contribution >= 4 is 0 Å². The van der Waals surface area contributed by atoms with Gasteiger partial charge in [-0.15, -0.1) is 0 Å². The summed E-state index contributed by atoms with van der Waals surface area (Å²) in [4.78, 5) is 0. The number of ether oxygens (including phenoxy) is 1. The first kappa shape index (κ1) is 12.1. The first-order valence-electron chi connectivity index (χ1n) is 5.57. The van der Waals surface area contributed by atoms with Gasteiger partial charge in [0.05, 0.1) is 11.6 Å². The molecule has 90 valence electrons. The summed E-state index contributed by atoms with van der Waals surface area (Å²) >= 11 is 0. The molecule has 18 heavy (non-hydrogen) atoms. The second-order valence-corrected chi connectivity index (χ2v) is 4.01. The molecule has 0 bridgehead atoms. The monoisotopic (exact) mass is 241 g/mol. The van der Waals surface area contributed by atoms with Crippen molar-refractivity contribution < 1.29 is 9.13 Å². The van der Waals surface area contributed by atoms with Gasteiger partial charge in [0.2, 0.25) is 0 Å². The van der Waals surface area contributed by atoms with Gasteiger partial charge in [0, 0.05) is 6.07 Å². The zero-order valence-corrected chi connectivity index (χ0v) is 9.98. The molecular formula is C15H12FNO. The smallest absolute Gasteiger partial charge is 0.126 e. The summed E-state index contributed by atoms with van der Waals surface area (Å²) in [6, 6.07) is 13.6. The molecular weight excluding hydrogens is 229 g/mol. The van der Waals surface area contributed by atoms with Crippen LogP contribution in [0.5, 0.6) is 5.75 Å². The molecule has 0 saturated carbocycles. The molecule has 0 heterocycles. The highest BCUT2D eigenvalue weighted by Gasteiger charge is 2.02. The number of nitrogens with zero attached hydrogens (tertiary/aromatic N) is 1. The summed E-state index contributed by atoms with van der Waals surface area (Å²) in [6.07, 6.45) is 0. The van der Waals surface area contributed by atoms with Crippen LogP contribution in [0.4, 0.5) is 4.39 Å². The molecule has 0 saturated heterocycles.